The van der Waals surface area contributed by atoms with Crippen LogP contribution in [0.15, 0.2) is 26.4 Å². The second-order valence-corrected chi connectivity index (χ2v) is 5.79. The monoisotopic (exact) mass is 294 g/mol. The van der Waals surface area contributed by atoms with Gasteiger partial charge in [-0.25, -0.2) is 4.79 Å². The number of nitrogens with zero attached hydrogens (tertiary/aromatic N) is 1. The average Bonchev–Trinajstić information content (AvgIpc) is 2.87. The highest BCUT2D eigenvalue weighted by atomic mass is 32.1. The molecule has 0 amide bonds. The highest BCUT2D eigenvalue weighted by Crippen LogP contribution is 2.14. The van der Waals surface area contributed by atoms with Crippen molar-refractivity contribution >= 4 is 22.8 Å². The van der Waals surface area contributed by atoms with E-state index in [9.17, 15) is 9.59 Å². The second-order valence-electron chi connectivity index (χ2n) is 5.01. The molecule has 4 N–H and O–H groups in total. The Morgan fingerprint density at radius 3 is 2.80 bits per heavy atom. The molecule has 0 fully saturated rings. The van der Waals surface area contributed by atoms with Crippen molar-refractivity contribution in [3.8, 4) is 0 Å². The van der Waals surface area contributed by atoms with Gasteiger partial charge < -0.3 is 11.1 Å². The van der Waals surface area contributed by atoms with Gasteiger partial charge >= 0.3 is 5.69 Å². The van der Waals surface area contributed by atoms with Gasteiger partial charge in [-0.05, 0) is 28.3 Å². The lowest BCUT2D eigenvalue weighted by molar-refractivity contribution is 0.508. The summed E-state index contributed by atoms with van der Waals surface area (Å²) in [4.78, 5) is 25.9. The molecule has 0 saturated carbocycles. The standard InChI is InChI=1S/C13H18N4O2S/c1-8(2)6-17-11(14)10(12(18)16-13(17)19)15-5-9-3-4-20-7-9/h3-4,7-8,15H,5-6,14H2,1-2H3,(H,16,18,19). The lowest BCUT2D eigenvalue weighted by Gasteiger charge is -2.15. The number of aromatic nitrogens is 2. The summed E-state index contributed by atoms with van der Waals surface area (Å²) < 4.78 is 1.39. The molecule has 0 aliphatic rings. The summed E-state index contributed by atoms with van der Waals surface area (Å²) in [6, 6.07) is 1.96. The zero-order valence-corrected chi connectivity index (χ0v) is 12.3. The minimum absolute atomic E-state index is 0.183. The molecule has 2 rings (SSSR count). The van der Waals surface area contributed by atoms with E-state index < -0.39 is 11.2 Å². The van der Waals surface area contributed by atoms with Crippen LogP contribution < -0.4 is 22.3 Å². The van der Waals surface area contributed by atoms with Gasteiger partial charge in [0.1, 0.15) is 11.5 Å². The molecule has 0 aliphatic heterocycles. The number of nitrogens with one attached hydrogen (secondary N) is 2. The van der Waals surface area contributed by atoms with Gasteiger partial charge in [-0.2, -0.15) is 11.3 Å². The number of hydrogen-bond acceptors (Lipinski definition) is 5. The van der Waals surface area contributed by atoms with Crippen LogP contribution in [-0.4, -0.2) is 9.55 Å². The molecule has 0 aromatic carbocycles. The number of nitrogens with two attached hydrogens (primary N) is 1. The quantitative estimate of drug-likeness (QED) is 0.778. The highest BCUT2D eigenvalue weighted by Gasteiger charge is 2.12. The molecule has 0 saturated heterocycles. The first-order chi connectivity index (χ1) is 9.49. The molecule has 0 unspecified atom stereocenters. The van der Waals surface area contributed by atoms with Crippen LogP contribution in [0.4, 0.5) is 11.5 Å². The molecule has 7 heteroatoms. The summed E-state index contributed by atoms with van der Waals surface area (Å²) in [7, 11) is 0. The summed E-state index contributed by atoms with van der Waals surface area (Å²) >= 11 is 1.58. The Bertz CT molecular complexity index is 685. The predicted molar refractivity (Wildman–Crippen MR) is 82.2 cm³/mol. The molecule has 0 aliphatic carbocycles. The summed E-state index contributed by atoms with van der Waals surface area (Å²) in [5, 5.41) is 6.95. The molecule has 0 spiro atoms. The van der Waals surface area contributed by atoms with E-state index in [-0.39, 0.29) is 17.4 Å². The normalized spacial score (nSPS) is 10.9. The van der Waals surface area contributed by atoms with Crippen LogP contribution in [0.5, 0.6) is 0 Å². The van der Waals surface area contributed by atoms with Gasteiger partial charge in [0.25, 0.3) is 5.56 Å². The predicted octanol–water partition coefficient (Wildman–Crippen LogP) is 1.45. The zero-order valence-electron chi connectivity index (χ0n) is 11.5. The Hall–Kier alpha value is -2.02. The number of hydrogen-bond donors (Lipinski definition) is 3. The number of H-pyrrole nitrogens is 1. The Balaban J connectivity index is 2.32. The lowest BCUT2D eigenvalue weighted by Crippen LogP contribution is -2.35. The topological polar surface area (TPSA) is 92.9 Å². The number of nitrogen functional groups attached to an aromatic ring is 1. The first-order valence-electron chi connectivity index (χ1n) is 6.36. The second kappa shape index (κ2) is 5.96. The van der Waals surface area contributed by atoms with Crippen LogP contribution in [-0.2, 0) is 13.1 Å². The fourth-order valence-corrected chi connectivity index (χ4v) is 2.56. The van der Waals surface area contributed by atoms with E-state index in [0.29, 0.717) is 13.1 Å². The van der Waals surface area contributed by atoms with E-state index in [1.165, 1.54) is 4.57 Å². The maximum absolute atomic E-state index is 11.8. The van der Waals surface area contributed by atoms with Gasteiger partial charge in [-0.15, -0.1) is 0 Å². The average molecular weight is 294 g/mol. The van der Waals surface area contributed by atoms with Crippen molar-refractivity contribution in [1.82, 2.24) is 9.55 Å². The van der Waals surface area contributed by atoms with Gasteiger partial charge in [0.15, 0.2) is 0 Å². The fraction of sp³-hybridized carbons (Fsp3) is 0.385. The van der Waals surface area contributed by atoms with E-state index in [4.69, 9.17) is 5.73 Å². The fourth-order valence-electron chi connectivity index (χ4n) is 1.89. The van der Waals surface area contributed by atoms with Gasteiger partial charge in [-0.3, -0.25) is 14.3 Å². The molecule has 0 radical (unpaired) electrons. The van der Waals surface area contributed by atoms with Crippen molar-refractivity contribution in [1.29, 1.82) is 0 Å². The van der Waals surface area contributed by atoms with Gasteiger partial charge in [0.2, 0.25) is 0 Å². The maximum Gasteiger partial charge on any atom is 0.330 e. The van der Waals surface area contributed by atoms with Crippen LogP contribution >= 0.6 is 11.3 Å². The molecule has 6 nitrogen and oxygen atoms in total. The molecule has 0 atom stereocenters. The zero-order chi connectivity index (χ0) is 14.7. The maximum atomic E-state index is 11.8. The Morgan fingerprint density at radius 2 is 2.20 bits per heavy atom. The molecule has 2 heterocycles. The number of aromatic amines is 1. The molecule has 2 aromatic rings. The Kier molecular flexibility index (Phi) is 4.29. The molecular weight excluding hydrogens is 276 g/mol. The van der Waals surface area contributed by atoms with Crippen LogP contribution in [0.25, 0.3) is 0 Å². The van der Waals surface area contributed by atoms with E-state index in [2.05, 4.69) is 10.3 Å². The third-order valence-electron chi connectivity index (χ3n) is 2.84. The van der Waals surface area contributed by atoms with Gasteiger partial charge in [0.05, 0.1) is 0 Å². The first kappa shape index (κ1) is 14.4. The number of rotatable bonds is 5. The van der Waals surface area contributed by atoms with Crippen molar-refractivity contribution in [2.24, 2.45) is 5.92 Å². The van der Waals surface area contributed by atoms with E-state index >= 15 is 0 Å². The highest BCUT2D eigenvalue weighted by molar-refractivity contribution is 7.07. The SMILES string of the molecule is CC(C)Cn1c(N)c(NCc2ccsc2)c(=O)[nH]c1=O. The third kappa shape index (κ3) is 3.11. The van der Waals surface area contributed by atoms with Crippen LogP contribution in [0.3, 0.4) is 0 Å². The van der Waals surface area contributed by atoms with Gasteiger partial charge in [-0.1, -0.05) is 13.8 Å². The Labute approximate surface area is 120 Å². The molecule has 2 aromatic heterocycles. The Morgan fingerprint density at radius 1 is 1.45 bits per heavy atom. The molecule has 108 valence electrons. The van der Waals surface area contributed by atoms with Gasteiger partial charge in [0, 0.05) is 13.1 Å². The summed E-state index contributed by atoms with van der Waals surface area (Å²) in [6.07, 6.45) is 0. The summed E-state index contributed by atoms with van der Waals surface area (Å²) in [5.74, 6) is 0.438. The van der Waals surface area contributed by atoms with Crippen LogP contribution in [0.2, 0.25) is 0 Å². The molecule has 0 bridgehead atoms. The summed E-state index contributed by atoms with van der Waals surface area (Å²) in [6.45, 7) is 4.93. The molecule has 20 heavy (non-hydrogen) atoms. The minimum atomic E-state index is -0.484. The summed E-state index contributed by atoms with van der Waals surface area (Å²) in [5.41, 5.74) is 6.31. The van der Waals surface area contributed by atoms with E-state index in [0.717, 1.165) is 5.56 Å². The number of anilines is 2. The lowest BCUT2D eigenvalue weighted by atomic mass is 10.2. The number of thiophene rings is 1. The largest absolute Gasteiger partial charge is 0.383 e. The third-order valence-corrected chi connectivity index (χ3v) is 3.57. The minimum Gasteiger partial charge on any atom is -0.383 e. The van der Waals surface area contributed by atoms with Crippen LogP contribution in [0.1, 0.15) is 19.4 Å². The van der Waals surface area contributed by atoms with E-state index in [1.807, 2.05) is 30.7 Å². The van der Waals surface area contributed by atoms with Crippen molar-refractivity contribution in [2.75, 3.05) is 11.1 Å². The van der Waals surface area contributed by atoms with Crippen molar-refractivity contribution in [2.45, 2.75) is 26.9 Å². The smallest absolute Gasteiger partial charge is 0.330 e. The molecular formula is C13H18N4O2S. The van der Waals surface area contributed by atoms with E-state index in [1.54, 1.807) is 11.3 Å². The van der Waals surface area contributed by atoms with Crippen LogP contribution in [0, 0.1) is 5.92 Å². The van der Waals surface area contributed by atoms with Crippen molar-refractivity contribution in [3.05, 3.63) is 43.2 Å². The van der Waals surface area contributed by atoms with Crippen molar-refractivity contribution < 1.29 is 0 Å². The first-order valence-corrected chi connectivity index (χ1v) is 7.31. The van der Waals surface area contributed by atoms with Crippen molar-refractivity contribution in [3.63, 3.8) is 0 Å².